The number of carbonyl (C=O) groups is 1. The van der Waals surface area contributed by atoms with E-state index in [2.05, 4.69) is 5.32 Å². The highest BCUT2D eigenvalue weighted by Gasteiger charge is 2.38. The minimum atomic E-state index is -2.30. The van der Waals surface area contributed by atoms with Crippen LogP contribution >= 0.6 is 0 Å². The zero-order valence-electron chi connectivity index (χ0n) is 10.4. The lowest BCUT2D eigenvalue weighted by Gasteiger charge is -2.36. The third-order valence-electron chi connectivity index (χ3n) is 3.27. The lowest BCUT2D eigenvalue weighted by Crippen LogP contribution is -2.53. The maximum atomic E-state index is 12.6. The van der Waals surface area contributed by atoms with Gasteiger partial charge in [-0.25, -0.2) is 8.78 Å². The van der Waals surface area contributed by atoms with Gasteiger partial charge in [0.25, 0.3) is 0 Å². The van der Waals surface area contributed by atoms with Crippen molar-refractivity contribution in [3.8, 4) is 0 Å². The van der Waals surface area contributed by atoms with Crippen LogP contribution in [-0.2, 0) is 4.79 Å². The van der Waals surface area contributed by atoms with Crippen molar-refractivity contribution in [3.63, 3.8) is 0 Å². The van der Waals surface area contributed by atoms with Crippen LogP contribution in [-0.4, -0.2) is 24.3 Å². The number of ketones is 1. The zero-order chi connectivity index (χ0) is 12.5. The number of alkyl halides is 2. The van der Waals surface area contributed by atoms with Crippen LogP contribution < -0.4 is 5.32 Å². The monoisotopic (exact) mass is 233 g/mol. The first-order valence-electron chi connectivity index (χ1n) is 5.82. The smallest absolute Gasteiger partial charge is 0.242 e. The molecule has 0 saturated carbocycles. The SMILES string of the molecule is CC1NC(C(=O)C(C)(C)C)CCC1C(F)F. The molecule has 0 amide bonds. The lowest BCUT2D eigenvalue weighted by molar-refractivity contribution is -0.130. The molecule has 1 heterocycles. The van der Waals surface area contributed by atoms with E-state index in [1.54, 1.807) is 6.92 Å². The second-order valence-corrected chi connectivity index (χ2v) is 5.70. The van der Waals surface area contributed by atoms with Crippen LogP contribution in [0.1, 0.15) is 40.5 Å². The largest absolute Gasteiger partial charge is 0.304 e. The molecule has 0 aromatic heterocycles. The third kappa shape index (κ3) is 3.00. The summed E-state index contributed by atoms with van der Waals surface area (Å²) in [6, 6.07) is -0.546. The van der Waals surface area contributed by atoms with Crippen molar-refractivity contribution in [2.45, 2.75) is 59.0 Å². The molecular weight excluding hydrogens is 212 g/mol. The molecular formula is C12H21F2NO. The van der Waals surface area contributed by atoms with Gasteiger partial charge in [-0.2, -0.15) is 0 Å². The first kappa shape index (κ1) is 13.6. The third-order valence-corrected chi connectivity index (χ3v) is 3.27. The zero-order valence-corrected chi connectivity index (χ0v) is 10.4. The van der Waals surface area contributed by atoms with Crippen LogP contribution in [0.4, 0.5) is 8.78 Å². The Hall–Kier alpha value is -0.510. The Morgan fingerprint density at radius 1 is 1.31 bits per heavy atom. The van der Waals surface area contributed by atoms with Crippen molar-refractivity contribution in [2.24, 2.45) is 11.3 Å². The summed E-state index contributed by atoms with van der Waals surface area (Å²) in [7, 11) is 0. The van der Waals surface area contributed by atoms with Gasteiger partial charge in [0.2, 0.25) is 6.43 Å². The number of hydrogen-bond acceptors (Lipinski definition) is 2. The van der Waals surface area contributed by atoms with Gasteiger partial charge < -0.3 is 5.32 Å². The highest BCUT2D eigenvalue weighted by atomic mass is 19.3. The predicted molar refractivity (Wildman–Crippen MR) is 59.6 cm³/mol. The van der Waals surface area contributed by atoms with Gasteiger partial charge >= 0.3 is 0 Å². The standard InChI is InChI=1S/C12H21F2NO/c1-7-8(11(13)14)5-6-9(15-7)10(16)12(2,3)4/h7-9,11,15H,5-6H2,1-4H3. The molecule has 1 N–H and O–H groups in total. The highest BCUT2D eigenvalue weighted by molar-refractivity contribution is 5.88. The van der Waals surface area contributed by atoms with Gasteiger partial charge in [-0.3, -0.25) is 4.79 Å². The average Bonchev–Trinajstić information content (AvgIpc) is 2.14. The number of Topliss-reactive ketones (excluding diaryl/α,β-unsaturated/α-hetero) is 1. The van der Waals surface area contributed by atoms with E-state index in [0.717, 1.165) is 0 Å². The first-order chi connectivity index (χ1) is 7.23. The Morgan fingerprint density at radius 3 is 2.25 bits per heavy atom. The molecule has 0 aromatic carbocycles. The van der Waals surface area contributed by atoms with Crippen molar-refractivity contribution < 1.29 is 13.6 Å². The Balaban J connectivity index is 2.62. The van der Waals surface area contributed by atoms with Gasteiger partial charge in [0.1, 0.15) is 0 Å². The van der Waals surface area contributed by atoms with Gasteiger partial charge in [-0.15, -0.1) is 0 Å². The van der Waals surface area contributed by atoms with Crippen molar-refractivity contribution in [2.75, 3.05) is 0 Å². The molecule has 94 valence electrons. The fourth-order valence-electron chi connectivity index (χ4n) is 2.21. The lowest BCUT2D eigenvalue weighted by atomic mass is 9.80. The maximum Gasteiger partial charge on any atom is 0.242 e. The second-order valence-electron chi connectivity index (χ2n) is 5.70. The number of carbonyl (C=O) groups excluding carboxylic acids is 1. The molecule has 1 aliphatic heterocycles. The van der Waals surface area contributed by atoms with Gasteiger partial charge in [0.05, 0.1) is 6.04 Å². The molecule has 1 saturated heterocycles. The topological polar surface area (TPSA) is 29.1 Å². The number of halogens is 2. The summed E-state index contributed by atoms with van der Waals surface area (Å²) in [5, 5.41) is 3.02. The molecule has 16 heavy (non-hydrogen) atoms. The van der Waals surface area contributed by atoms with E-state index in [1.165, 1.54) is 0 Å². The molecule has 0 aromatic rings. The van der Waals surface area contributed by atoms with E-state index in [1.807, 2.05) is 20.8 Å². The van der Waals surface area contributed by atoms with E-state index in [-0.39, 0.29) is 17.9 Å². The summed E-state index contributed by atoms with van der Waals surface area (Å²) in [6.45, 7) is 7.32. The summed E-state index contributed by atoms with van der Waals surface area (Å²) in [6.07, 6.45) is -1.35. The van der Waals surface area contributed by atoms with E-state index in [0.29, 0.717) is 12.8 Å². The Kier molecular flexibility index (Phi) is 4.05. The Labute approximate surface area is 95.8 Å². The Morgan fingerprint density at radius 2 is 1.88 bits per heavy atom. The second kappa shape index (κ2) is 4.78. The summed E-state index contributed by atoms with van der Waals surface area (Å²) in [5.74, 6) is -0.504. The molecule has 1 fully saturated rings. The molecule has 3 unspecified atom stereocenters. The fourth-order valence-corrected chi connectivity index (χ4v) is 2.21. The van der Waals surface area contributed by atoms with Crippen molar-refractivity contribution in [1.82, 2.24) is 5.32 Å². The summed E-state index contributed by atoms with van der Waals surface area (Å²) < 4.78 is 25.2. The van der Waals surface area contributed by atoms with Gasteiger partial charge in [-0.1, -0.05) is 20.8 Å². The summed E-state index contributed by atoms with van der Waals surface area (Å²) >= 11 is 0. The Bertz CT molecular complexity index is 260. The molecule has 0 spiro atoms. The number of hydrogen-bond donors (Lipinski definition) is 1. The van der Waals surface area contributed by atoms with E-state index >= 15 is 0 Å². The van der Waals surface area contributed by atoms with Crippen molar-refractivity contribution >= 4 is 5.78 Å². The maximum absolute atomic E-state index is 12.6. The molecule has 0 aliphatic carbocycles. The molecule has 3 atom stereocenters. The molecule has 1 aliphatic rings. The fraction of sp³-hybridized carbons (Fsp3) is 0.917. The van der Waals surface area contributed by atoms with Crippen LogP contribution in [0.25, 0.3) is 0 Å². The molecule has 0 bridgehead atoms. The van der Waals surface area contributed by atoms with Gasteiger partial charge in [0.15, 0.2) is 5.78 Å². The van der Waals surface area contributed by atoms with E-state index in [9.17, 15) is 13.6 Å². The summed E-state index contributed by atoms with van der Waals surface area (Å²) in [4.78, 5) is 12.0. The predicted octanol–water partition coefficient (Wildman–Crippen LogP) is 2.62. The quantitative estimate of drug-likeness (QED) is 0.794. The van der Waals surface area contributed by atoms with Crippen LogP contribution in [0.15, 0.2) is 0 Å². The molecule has 2 nitrogen and oxygen atoms in total. The average molecular weight is 233 g/mol. The van der Waals surface area contributed by atoms with Crippen molar-refractivity contribution in [1.29, 1.82) is 0 Å². The van der Waals surface area contributed by atoms with Crippen LogP contribution in [0, 0.1) is 11.3 Å². The summed E-state index contributed by atoms with van der Waals surface area (Å²) in [5.41, 5.74) is -0.408. The van der Waals surface area contributed by atoms with Crippen LogP contribution in [0.5, 0.6) is 0 Å². The molecule has 1 rings (SSSR count). The van der Waals surface area contributed by atoms with Gasteiger partial charge in [0, 0.05) is 17.4 Å². The van der Waals surface area contributed by atoms with E-state index < -0.39 is 17.8 Å². The number of nitrogens with one attached hydrogen (secondary N) is 1. The van der Waals surface area contributed by atoms with E-state index in [4.69, 9.17) is 0 Å². The number of piperidine rings is 1. The number of rotatable bonds is 2. The minimum absolute atomic E-state index is 0.118. The first-order valence-corrected chi connectivity index (χ1v) is 5.82. The highest BCUT2D eigenvalue weighted by Crippen LogP contribution is 2.29. The van der Waals surface area contributed by atoms with Crippen molar-refractivity contribution in [3.05, 3.63) is 0 Å². The molecule has 4 heteroatoms. The van der Waals surface area contributed by atoms with Crippen LogP contribution in [0.3, 0.4) is 0 Å². The van der Waals surface area contributed by atoms with Crippen LogP contribution in [0.2, 0.25) is 0 Å². The van der Waals surface area contributed by atoms with Gasteiger partial charge in [-0.05, 0) is 19.8 Å². The normalized spacial score (nSPS) is 31.8. The molecule has 0 radical (unpaired) electrons. The minimum Gasteiger partial charge on any atom is -0.304 e.